The molecule has 0 radical (unpaired) electrons. The first-order chi connectivity index (χ1) is 15.7. The van der Waals surface area contributed by atoms with Crippen LogP contribution < -0.4 is 11.1 Å². The second-order valence-corrected chi connectivity index (χ2v) is 8.78. The monoisotopic (exact) mass is 447 g/mol. The molecule has 1 fully saturated rings. The van der Waals surface area contributed by atoms with Crippen LogP contribution in [0, 0.1) is 0 Å². The number of thiophene rings is 1. The molecule has 4 aromatic rings. The summed E-state index contributed by atoms with van der Waals surface area (Å²) in [4.78, 5) is 21.0. The molecule has 2 aromatic carbocycles. The van der Waals surface area contributed by atoms with Crippen molar-refractivity contribution in [1.82, 2.24) is 14.5 Å². The molecule has 1 aliphatic rings. The lowest BCUT2D eigenvalue weighted by Gasteiger charge is -2.26. The molecule has 0 unspecified atom stereocenters. The maximum absolute atomic E-state index is 13.0. The standard InChI is InChI=1S/C24H25N5O2S/c25-19-5-3-17(23-2-1-13-32-23)14-21(19)27-24(30)18-4-6-20-22(15-18)29(16-26-20)8-7-28-9-11-31-12-10-28/h1-6,13-16H,7-12,25H2,(H,27,30). The van der Waals surface area contributed by atoms with Crippen LogP contribution in [0.15, 0.2) is 60.2 Å². The summed E-state index contributed by atoms with van der Waals surface area (Å²) in [5.41, 5.74) is 10.7. The quantitative estimate of drug-likeness (QED) is 0.438. The fraction of sp³-hybridized carbons (Fsp3) is 0.250. The molecule has 7 nitrogen and oxygen atoms in total. The highest BCUT2D eigenvalue weighted by atomic mass is 32.1. The number of nitrogens with one attached hydrogen (secondary N) is 1. The summed E-state index contributed by atoms with van der Waals surface area (Å²) in [5, 5.41) is 5.01. The van der Waals surface area contributed by atoms with E-state index in [0.717, 1.165) is 60.9 Å². The van der Waals surface area contributed by atoms with Crippen LogP contribution in [0.3, 0.4) is 0 Å². The fourth-order valence-electron chi connectivity index (χ4n) is 3.91. The zero-order valence-corrected chi connectivity index (χ0v) is 18.5. The highest BCUT2D eigenvalue weighted by Crippen LogP contribution is 2.30. The Kier molecular flexibility index (Phi) is 5.89. The van der Waals surface area contributed by atoms with Crippen LogP contribution in [-0.2, 0) is 11.3 Å². The molecule has 0 saturated carbocycles. The average Bonchev–Trinajstić information content (AvgIpc) is 3.50. The Balaban J connectivity index is 1.34. The number of nitrogens with two attached hydrogens (primary N) is 1. The van der Waals surface area contributed by atoms with Gasteiger partial charge in [0.15, 0.2) is 0 Å². The van der Waals surface area contributed by atoms with E-state index in [9.17, 15) is 4.79 Å². The third-order valence-electron chi connectivity index (χ3n) is 5.75. The molecule has 0 bridgehead atoms. The van der Waals surface area contributed by atoms with Crippen LogP contribution in [0.4, 0.5) is 11.4 Å². The summed E-state index contributed by atoms with van der Waals surface area (Å²) in [6.07, 6.45) is 1.84. The predicted molar refractivity (Wildman–Crippen MR) is 129 cm³/mol. The summed E-state index contributed by atoms with van der Waals surface area (Å²) in [5.74, 6) is -0.192. The van der Waals surface area contributed by atoms with Gasteiger partial charge in [-0.25, -0.2) is 4.98 Å². The molecule has 0 spiro atoms. The van der Waals surface area contributed by atoms with E-state index < -0.39 is 0 Å². The molecule has 3 heterocycles. The second-order valence-electron chi connectivity index (χ2n) is 7.83. The molecule has 0 atom stereocenters. The fourth-order valence-corrected chi connectivity index (χ4v) is 4.63. The van der Waals surface area contributed by atoms with Crippen molar-refractivity contribution in [3.05, 3.63) is 65.8 Å². The Morgan fingerprint density at radius 1 is 1.12 bits per heavy atom. The lowest BCUT2D eigenvalue weighted by Crippen LogP contribution is -2.38. The Morgan fingerprint density at radius 2 is 2.00 bits per heavy atom. The SMILES string of the molecule is Nc1ccc(-c2cccs2)cc1NC(=O)c1ccc2ncn(CCN3CCOCC3)c2c1. The predicted octanol–water partition coefficient (Wildman–Crippen LogP) is 3.93. The van der Waals surface area contributed by atoms with E-state index >= 15 is 0 Å². The number of morpholine rings is 1. The third-order valence-corrected chi connectivity index (χ3v) is 6.67. The van der Waals surface area contributed by atoms with E-state index in [2.05, 4.69) is 19.8 Å². The van der Waals surface area contributed by atoms with Crippen LogP contribution in [-0.4, -0.2) is 53.2 Å². The van der Waals surface area contributed by atoms with Crippen molar-refractivity contribution in [2.75, 3.05) is 43.9 Å². The van der Waals surface area contributed by atoms with Crippen molar-refractivity contribution in [1.29, 1.82) is 0 Å². The van der Waals surface area contributed by atoms with Gasteiger partial charge in [-0.3, -0.25) is 9.69 Å². The maximum Gasteiger partial charge on any atom is 0.255 e. The highest BCUT2D eigenvalue weighted by Gasteiger charge is 2.14. The van der Waals surface area contributed by atoms with Crippen molar-refractivity contribution in [3.8, 4) is 10.4 Å². The van der Waals surface area contributed by atoms with Crippen molar-refractivity contribution in [3.63, 3.8) is 0 Å². The minimum absolute atomic E-state index is 0.192. The Bertz CT molecular complexity index is 1230. The molecule has 8 heteroatoms. The van der Waals surface area contributed by atoms with Gasteiger partial charge in [0.25, 0.3) is 5.91 Å². The van der Waals surface area contributed by atoms with Crippen LogP contribution in [0.5, 0.6) is 0 Å². The molecule has 164 valence electrons. The van der Waals surface area contributed by atoms with E-state index in [1.807, 2.05) is 54.2 Å². The van der Waals surface area contributed by atoms with Gasteiger partial charge in [-0.1, -0.05) is 12.1 Å². The highest BCUT2D eigenvalue weighted by molar-refractivity contribution is 7.13. The first kappa shape index (κ1) is 20.7. The maximum atomic E-state index is 13.0. The average molecular weight is 448 g/mol. The normalized spacial score (nSPS) is 14.6. The Hall–Kier alpha value is -3.20. The first-order valence-corrected chi connectivity index (χ1v) is 11.5. The van der Waals surface area contributed by atoms with Gasteiger partial charge in [0.2, 0.25) is 0 Å². The summed E-state index contributed by atoms with van der Waals surface area (Å²) >= 11 is 1.65. The minimum atomic E-state index is -0.192. The number of imidazole rings is 1. The zero-order valence-electron chi connectivity index (χ0n) is 17.7. The van der Waals surface area contributed by atoms with Crippen molar-refractivity contribution >= 4 is 39.7 Å². The molecule has 3 N–H and O–H groups in total. The van der Waals surface area contributed by atoms with Crippen LogP contribution in [0.2, 0.25) is 0 Å². The van der Waals surface area contributed by atoms with Crippen molar-refractivity contribution in [2.24, 2.45) is 0 Å². The molecule has 1 saturated heterocycles. The number of amides is 1. The Morgan fingerprint density at radius 3 is 2.81 bits per heavy atom. The number of carbonyl (C=O) groups excluding carboxylic acids is 1. The van der Waals surface area contributed by atoms with E-state index in [1.54, 1.807) is 17.4 Å². The summed E-state index contributed by atoms with van der Waals surface area (Å²) in [6.45, 7) is 5.21. The number of nitrogen functional groups attached to an aromatic ring is 1. The number of aromatic nitrogens is 2. The molecule has 1 amide bonds. The number of rotatable bonds is 6. The number of anilines is 2. The molecule has 2 aromatic heterocycles. The van der Waals surface area contributed by atoms with Gasteiger partial charge < -0.3 is 20.4 Å². The molecule has 5 rings (SSSR count). The van der Waals surface area contributed by atoms with E-state index in [4.69, 9.17) is 10.5 Å². The number of hydrogen-bond donors (Lipinski definition) is 2. The number of nitrogens with zero attached hydrogens (tertiary/aromatic N) is 3. The number of ether oxygens (including phenoxy) is 1. The van der Waals surface area contributed by atoms with Gasteiger partial charge in [0, 0.05) is 36.6 Å². The topological polar surface area (TPSA) is 85.4 Å². The zero-order chi connectivity index (χ0) is 21.9. The number of hydrogen-bond acceptors (Lipinski definition) is 6. The van der Waals surface area contributed by atoms with Gasteiger partial charge in [-0.2, -0.15) is 0 Å². The van der Waals surface area contributed by atoms with Crippen molar-refractivity contribution in [2.45, 2.75) is 6.54 Å². The number of benzene rings is 2. The summed E-state index contributed by atoms with van der Waals surface area (Å²) in [6, 6.07) is 15.4. The largest absolute Gasteiger partial charge is 0.397 e. The Labute approximate surface area is 190 Å². The van der Waals surface area contributed by atoms with Crippen LogP contribution in [0.25, 0.3) is 21.5 Å². The molecule has 0 aliphatic carbocycles. The van der Waals surface area contributed by atoms with Crippen molar-refractivity contribution < 1.29 is 9.53 Å². The van der Waals surface area contributed by atoms with Crippen LogP contribution in [0.1, 0.15) is 10.4 Å². The third kappa shape index (κ3) is 4.38. The van der Waals surface area contributed by atoms with E-state index in [-0.39, 0.29) is 5.91 Å². The minimum Gasteiger partial charge on any atom is -0.397 e. The van der Waals surface area contributed by atoms with Gasteiger partial charge in [0.1, 0.15) is 0 Å². The number of fused-ring (bicyclic) bond motifs is 1. The van der Waals surface area contributed by atoms with Crippen LogP contribution >= 0.6 is 11.3 Å². The first-order valence-electron chi connectivity index (χ1n) is 10.7. The second kappa shape index (κ2) is 9.12. The molecular weight excluding hydrogens is 422 g/mol. The smallest absolute Gasteiger partial charge is 0.255 e. The van der Waals surface area contributed by atoms with Gasteiger partial charge in [0.05, 0.1) is 41.9 Å². The van der Waals surface area contributed by atoms with Gasteiger partial charge in [-0.15, -0.1) is 11.3 Å². The summed E-state index contributed by atoms with van der Waals surface area (Å²) < 4.78 is 7.53. The molecule has 1 aliphatic heterocycles. The van der Waals surface area contributed by atoms with E-state index in [1.165, 1.54) is 0 Å². The molecule has 32 heavy (non-hydrogen) atoms. The summed E-state index contributed by atoms with van der Waals surface area (Å²) in [7, 11) is 0. The molecular formula is C24H25N5O2S. The lowest BCUT2D eigenvalue weighted by atomic mass is 10.1. The number of carbonyl (C=O) groups is 1. The van der Waals surface area contributed by atoms with Gasteiger partial charge >= 0.3 is 0 Å². The lowest BCUT2D eigenvalue weighted by molar-refractivity contribution is 0.0365. The van der Waals surface area contributed by atoms with E-state index in [0.29, 0.717) is 16.9 Å². The van der Waals surface area contributed by atoms with Gasteiger partial charge in [-0.05, 0) is 47.3 Å².